The van der Waals surface area contributed by atoms with Crippen LogP contribution in [0.5, 0.6) is 0 Å². The summed E-state index contributed by atoms with van der Waals surface area (Å²) in [6, 6.07) is 10.5. The monoisotopic (exact) mass is 333 g/mol. The number of piperazine rings is 1. The van der Waals surface area contributed by atoms with Crippen molar-refractivity contribution in [2.24, 2.45) is 0 Å². The lowest BCUT2D eigenvalue weighted by atomic mass is 10.1. The van der Waals surface area contributed by atoms with E-state index in [-0.39, 0.29) is 18.2 Å². The van der Waals surface area contributed by atoms with E-state index >= 15 is 0 Å². The number of carbonyl (C=O) groups is 1. The first-order chi connectivity index (χ1) is 11.7. The van der Waals surface area contributed by atoms with Gasteiger partial charge in [-0.05, 0) is 12.5 Å². The number of amides is 1. The van der Waals surface area contributed by atoms with Crippen molar-refractivity contribution in [3.63, 3.8) is 0 Å². The van der Waals surface area contributed by atoms with Gasteiger partial charge in [0.05, 0.1) is 12.7 Å². The van der Waals surface area contributed by atoms with Gasteiger partial charge in [-0.25, -0.2) is 4.79 Å². The highest BCUT2D eigenvalue weighted by atomic mass is 16.6. The second-order valence-corrected chi connectivity index (χ2v) is 6.54. The molecule has 0 radical (unpaired) electrons. The van der Waals surface area contributed by atoms with Gasteiger partial charge in [-0.15, -0.1) is 0 Å². The number of aliphatic hydroxyl groups is 1. The number of nitrogens with zero attached hydrogens (tertiary/aromatic N) is 3. The Morgan fingerprint density at radius 2 is 1.88 bits per heavy atom. The molecule has 24 heavy (non-hydrogen) atoms. The van der Waals surface area contributed by atoms with Crippen molar-refractivity contribution < 1.29 is 14.6 Å². The lowest BCUT2D eigenvalue weighted by Crippen LogP contribution is -2.54. The molecule has 0 aromatic heterocycles. The second-order valence-electron chi connectivity index (χ2n) is 6.54. The second kappa shape index (κ2) is 7.96. The first-order valence-corrected chi connectivity index (χ1v) is 8.77. The Morgan fingerprint density at radius 1 is 1.17 bits per heavy atom. The Balaban J connectivity index is 1.50. The fourth-order valence-electron chi connectivity index (χ4n) is 3.63. The average Bonchev–Trinajstić information content (AvgIpc) is 2.96. The van der Waals surface area contributed by atoms with Crippen LogP contribution in [0.25, 0.3) is 0 Å². The number of benzene rings is 1. The summed E-state index contributed by atoms with van der Waals surface area (Å²) < 4.78 is 5.06. The zero-order valence-electron chi connectivity index (χ0n) is 14.3. The normalized spacial score (nSPS) is 25.8. The maximum Gasteiger partial charge on any atom is 0.409 e. The molecule has 1 N–H and O–H groups in total. The van der Waals surface area contributed by atoms with Crippen molar-refractivity contribution in [1.29, 1.82) is 0 Å². The van der Waals surface area contributed by atoms with E-state index in [0.717, 1.165) is 26.2 Å². The van der Waals surface area contributed by atoms with Crippen molar-refractivity contribution in [2.45, 2.75) is 25.6 Å². The fraction of sp³-hybridized carbons (Fsp3) is 0.611. The van der Waals surface area contributed by atoms with Crippen LogP contribution in [-0.4, -0.2) is 83.9 Å². The Bertz CT molecular complexity index is 532. The van der Waals surface area contributed by atoms with Crippen LogP contribution in [-0.2, 0) is 11.3 Å². The Labute approximate surface area is 143 Å². The molecule has 0 unspecified atom stereocenters. The van der Waals surface area contributed by atoms with Gasteiger partial charge in [-0.1, -0.05) is 30.3 Å². The van der Waals surface area contributed by atoms with E-state index in [9.17, 15) is 9.90 Å². The molecule has 2 aliphatic heterocycles. The third-order valence-electron chi connectivity index (χ3n) is 4.89. The molecule has 1 aromatic rings. The van der Waals surface area contributed by atoms with Crippen LogP contribution < -0.4 is 0 Å². The van der Waals surface area contributed by atoms with Crippen LogP contribution >= 0.6 is 0 Å². The average molecular weight is 333 g/mol. The number of hydrogen-bond acceptors (Lipinski definition) is 5. The summed E-state index contributed by atoms with van der Waals surface area (Å²) in [7, 11) is 0. The number of likely N-dealkylation sites (tertiary alicyclic amines) is 1. The van der Waals surface area contributed by atoms with Gasteiger partial charge in [-0.3, -0.25) is 9.80 Å². The molecule has 0 saturated carbocycles. The number of hydrogen-bond donors (Lipinski definition) is 1. The number of β-amino-alcohol motifs (C(OH)–C–C–N with tert-alkyl or cyclic N) is 1. The number of carbonyl (C=O) groups excluding carboxylic acids is 1. The minimum absolute atomic E-state index is 0.151. The molecular formula is C18H27N3O3. The van der Waals surface area contributed by atoms with Gasteiger partial charge in [0, 0.05) is 51.9 Å². The van der Waals surface area contributed by atoms with Crippen molar-refractivity contribution in [3.05, 3.63) is 35.9 Å². The van der Waals surface area contributed by atoms with Gasteiger partial charge >= 0.3 is 6.09 Å². The summed E-state index contributed by atoms with van der Waals surface area (Å²) in [5, 5.41) is 10.5. The molecule has 1 amide bonds. The van der Waals surface area contributed by atoms with Crippen LogP contribution in [0.4, 0.5) is 4.79 Å². The van der Waals surface area contributed by atoms with Gasteiger partial charge in [0.2, 0.25) is 0 Å². The first kappa shape index (κ1) is 17.2. The zero-order chi connectivity index (χ0) is 16.9. The zero-order valence-corrected chi connectivity index (χ0v) is 14.3. The lowest BCUT2D eigenvalue weighted by Gasteiger charge is -2.38. The lowest BCUT2D eigenvalue weighted by molar-refractivity contribution is 0.0376. The maximum atomic E-state index is 11.8. The van der Waals surface area contributed by atoms with Gasteiger partial charge in [0.25, 0.3) is 0 Å². The van der Waals surface area contributed by atoms with Crippen molar-refractivity contribution in [3.8, 4) is 0 Å². The van der Waals surface area contributed by atoms with E-state index < -0.39 is 0 Å². The largest absolute Gasteiger partial charge is 0.450 e. The van der Waals surface area contributed by atoms with Crippen molar-refractivity contribution in [2.75, 3.05) is 45.9 Å². The third-order valence-corrected chi connectivity index (χ3v) is 4.89. The summed E-state index contributed by atoms with van der Waals surface area (Å²) in [6.07, 6.45) is -0.558. The summed E-state index contributed by atoms with van der Waals surface area (Å²) in [5.74, 6) is 0. The standard InChI is InChI=1S/C18H27N3O3/c1-2-24-18(23)21-10-8-20(9-11-21)16-13-19(14-17(16)22)12-15-6-4-3-5-7-15/h3-7,16-17,22H,2,8-14H2,1H3/t16-,17-/m1/s1. The molecule has 132 valence electrons. The highest BCUT2D eigenvalue weighted by molar-refractivity contribution is 5.67. The minimum Gasteiger partial charge on any atom is -0.450 e. The molecule has 6 nitrogen and oxygen atoms in total. The molecule has 0 aliphatic carbocycles. The van der Waals surface area contributed by atoms with Gasteiger partial charge in [0.1, 0.15) is 0 Å². The summed E-state index contributed by atoms with van der Waals surface area (Å²) in [5.41, 5.74) is 1.28. The Kier molecular flexibility index (Phi) is 5.71. The van der Waals surface area contributed by atoms with Crippen LogP contribution in [0.2, 0.25) is 0 Å². The topological polar surface area (TPSA) is 56.2 Å². The molecular weight excluding hydrogens is 306 g/mol. The SMILES string of the molecule is CCOC(=O)N1CCN([C@@H]2CN(Cc3ccccc3)C[C@H]2O)CC1. The predicted octanol–water partition coefficient (Wildman–Crippen LogP) is 1.01. The predicted molar refractivity (Wildman–Crippen MR) is 91.7 cm³/mol. The van der Waals surface area contributed by atoms with Crippen molar-refractivity contribution in [1.82, 2.24) is 14.7 Å². The Morgan fingerprint density at radius 3 is 2.54 bits per heavy atom. The van der Waals surface area contributed by atoms with Crippen LogP contribution in [0.1, 0.15) is 12.5 Å². The number of aliphatic hydroxyl groups excluding tert-OH is 1. The van der Waals surface area contributed by atoms with E-state index in [1.54, 1.807) is 4.90 Å². The van der Waals surface area contributed by atoms with Gasteiger partial charge in [-0.2, -0.15) is 0 Å². The summed E-state index contributed by atoms with van der Waals surface area (Å²) in [4.78, 5) is 18.1. The smallest absolute Gasteiger partial charge is 0.409 e. The van der Waals surface area contributed by atoms with Gasteiger partial charge in [0.15, 0.2) is 0 Å². The molecule has 2 fully saturated rings. The number of ether oxygens (including phenoxy) is 1. The molecule has 0 spiro atoms. The van der Waals surface area contributed by atoms with E-state index in [1.807, 2.05) is 25.1 Å². The van der Waals surface area contributed by atoms with Crippen LogP contribution in [0.15, 0.2) is 30.3 Å². The molecule has 2 atom stereocenters. The Hall–Kier alpha value is -1.63. The molecule has 0 bridgehead atoms. The van der Waals surface area contributed by atoms with E-state index in [4.69, 9.17) is 4.74 Å². The quantitative estimate of drug-likeness (QED) is 0.891. The van der Waals surface area contributed by atoms with E-state index in [0.29, 0.717) is 26.2 Å². The first-order valence-electron chi connectivity index (χ1n) is 8.77. The highest BCUT2D eigenvalue weighted by Gasteiger charge is 2.37. The fourth-order valence-corrected chi connectivity index (χ4v) is 3.63. The summed E-state index contributed by atoms with van der Waals surface area (Å²) >= 11 is 0. The molecule has 2 saturated heterocycles. The van der Waals surface area contributed by atoms with Crippen LogP contribution in [0.3, 0.4) is 0 Å². The maximum absolute atomic E-state index is 11.8. The highest BCUT2D eigenvalue weighted by Crippen LogP contribution is 2.20. The van der Waals surface area contributed by atoms with E-state index in [1.165, 1.54) is 5.56 Å². The molecule has 1 aromatic carbocycles. The number of rotatable bonds is 4. The van der Waals surface area contributed by atoms with Crippen LogP contribution in [0, 0.1) is 0 Å². The minimum atomic E-state index is -0.331. The van der Waals surface area contributed by atoms with E-state index in [2.05, 4.69) is 21.9 Å². The summed E-state index contributed by atoms with van der Waals surface area (Å²) in [6.45, 7) is 7.60. The van der Waals surface area contributed by atoms with Gasteiger partial charge < -0.3 is 14.7 Å². The molecule has 2 aliphatic rings. The van der Waals surface area contributed by atoms with Crippen molar-refractivity contribution >= 4 is 6.09 Å². The molecule has 6 heteroatoms. The molecule has 3 rings (SSSR count). The molecule has 2 heterocycles. The third kappa shape index (κ3) is 4.06.